The lowest BCUT2D eigenvalue weighted by Crippen LogP contribution is -2.25. The predicted molar refractivity (Wildman–Crippen MR) is 107 cm³/mol. The Kier molecular flexibility index (Phi) is 6.67. The fourth-order valence-corrected chi connectivity index (χ4v) is 3.30. The summed E-state index contributed by atoms with van der Waals surface area (Å²) >= 11 is 0. The molecule has 26 heavy (non-hydrogen) atoms. The van der Waals surface area contributed by atoms with Crippen LogP contribution in [0.15, 0.2) is 42.0 Å². The van der Waals surface area contributed by atoms with Crippen molar-refractivity contribution in [1.29, 1.82) is 0 Å². The minimum atomic E-state index is -0.0579. The predicted octanol–water partition coefficient (Wildman–Crippen LogP) is 4.60. The molecule has 0 aliphatic carbocycles. The molecule has 1 aliphatic heterocycles. The van der Waals surface area contributed by atoms with Crippen molar-refractivity contribution in [3.63, 3.8) is 0 Å². The Bertz CT molecular complexity index is 783. The maximum atomic E-state index is 11.8. The van der Waals surface area contributed by atoms with Gasteiger partial charge in [-0.2, -0.15) is 0 Å². The second-order valence-corrected chi connectivity index (χ2v) is 6.79. The molecule has 2 aromatic carbocycles. The molecular formula is C22H28N2O2. The fourth-order valence-electron chi connectivity index (χ4n) is 3.30. The molecular weight excluding hydrogens is 324 g/mol. The van der Waals surface area contributed by atoms with Crippen LogP contribution in [0.1, 0.15) is 51.0 Å². The lowest BCUT2D eigenvalue weighted by molar-refractivity contribution is -0.116. The molecule has 0 saturated carbocycles. The van der Waals surface area contributed by atoms with Crippen molar-refractivity contribution in [2.24, 2.45) is 0 Å². The summed E-state index contributed by atoms with van der Waals surface area (Å²) in [7, 11) is 0. The normalized spacial score (nSPS) is 15.6. The number of ether oxygens (including phenoxy) is 1. The lowest BCUT2D eigenvalue weighted by Gasteiger charge is -2.11. The zero-order chi connectivity index (χ0) is 18.2. The highest BCUT2D eigenvalue weighted by atomic mass is 16.5. The SMILES string of the molecule is CCCCCCCCOc1ccc(/C=C2\CNNC2=O)c2ccccc12. The van der Waals surface area contributed by atoms with Gasteiger partial charge in [0.1, 0.15) is 5.75 Å². The molecule has 2 N–H and O–H groups in total. The first kappa shape index (κ1) is 18.5. The highest BCUT2D eigenvalue weighted by molar-refractivity contribution is 6.03. The van der Waals surface area contributed by atoms with E-state index in [0.717, 1.165) is 40.7 Å². The standard InChI is InChI=1S/C22H28N2O2/c1-2-3-4-5-6-9-14-26-21-13-12-17(15-18-16-23-24-22(18)25)19-10-7-8-11-20(19)21/h7-8,10-13,15,23H,2-6,9,14,16H2,1H3,(H,24,25)/b18-15+. The number of benzene rings is 2. The number of nitrogens with one attached hydrogen (secondary N) is 2. The van der Waals surface area contributed by atoms with Crippen LogP contribution in [0.25, 0.3) is 16.8 Å². The topological polar surface area (TPSA) is 50.4 Å². The van der Waals surface area contributed by atoms with Crippen molar-refractivity contribution < 1.29 is 9.53 Å². The third kappa shape index (κ3) is 4.64. The van der Waals surface area contributed by atoms with E-state index in [1.165, 1.54) is 32.1 Å². The van der Waals surface area contributed by atoms with Crippen molar-refractivity contribution in [2.75, 3.05) is 13.2 Å². The van der Waals surface area contributed by atoms with Gasteiger partial charge in [0, 0.05) is 17.5 Å². The van der Waals surface area contributed by atoms with E-state index in [1.807, 2.05) is 30.3 Å². The Hall–Kier alpha value is -2.33. The van der Waals surface area contributed by atoms with Gasteiger partial charge in [0.05, 0.1) is 6.61 Å². The molecule has 0 atom stereocenters. The summed E-state index contributed by atoms with van der Waals surface area (Å²) in [6.07, 6.45) is 9.50. The van der Waals surface area contributed by atoms with E-state index >= 15 is 0 Å². The number of fused-ring (bicyclic) bond motifs is 1. The van der Waals surface area contributed by atoms with Crippen molar-refractivity contribution >= 4 is 22.8 Å². The average molecular weight is 352 g/mol. The Balaban J connectivity index is 1.69. The number of amides is 1. The summed E-state index contributed by atoms with van der Waals surface area (Å²) in [5.41, 5.74) is 7.27. The number of rotatable bonds is 9. The maximum Gasteiger partial charge on any atom is 0.262 e. The molecule has 2 aromatic rings. The Morgan fingerprint density at radius 1 is 1.00 bits per heavy atom. The van der Waals surface area contributed by atoms with Gasteiger partial charge in [0.2, 0.25) is 0 Å². The molecule has 4 nitrogen and oxygen atoms in total. The quantitative estimate of drug-likeness (QED) is 0.512. The van der Waals surface area contributed by atoms with Gasteiger partial charge in [-0.15, -0.1) is 0 Å². The molecule has 1 fully saturated rings. The van der Waals surface area contributed by atoms with E-state index in [2.05, 4.69) is 29.9 Å². The highest BCUT2D eigenvalue weighted by Gasteiger charge is 2.16. The third-order valence-electron chi connectivity index (χ3n) is 4.78. The number of unbranched alkanes of at least 4 members (excludes halogenated alkanes) is 5. The van der Waals surface area contributed by atoms with Gasteiger partial charge in [0.15, 0.2) is 0 Å². The molecule has 0 radical (unpaired) electrons. The second kappa shape index (κ2) is 9.39. The van der Waals surface area contributed by atoms with Crippen LogP contribution in [0.5, 0.6) is 5.75 Å². The van der Waals surface area contributed by atoms with Crippen LogP contribution in [0.2, 0.25) is 0 Å². The van der Waals surface area contributed by atoms with Gasteiger partial charge in [-0.05, 0) is 29.5 Å². The van der Waals surface area contributed by atoms with E-state index in [1.54, 1.807) is 0 Å². The summed E-state index contributed by atoms with van der Waals surface area (Å²) in [4.78, 5) is 11.8. The minimum Gasteiger partial charge on any atom is -0.493 e. The van der Waals surface area contributed by atoms with E-state index in [-0.39, 0.29) is 5.91 Å². The van der Waals surface area contributed by atoms with Crippen LogP contribution in [-0.4, -0.2) is 19.1 Å². The summed E-state index contributed by atoms with van der Waals surface area (Å²) in [5, 5.41) is 2.21. The fraction of sp³-hybridized carbons (Fsp3) is 0.409. The van der Waals surface area contributed by atoms with Gasteiger partial charge in [-0.25, -0.2) is 5.43 Å². The summed E-state index contributed by atoms with van der Waals surface area (Å²) < 4.78 is 6.06. The Labute approximate surface area is 155 Å². The van der Waals surface area contributed by atoms with Crippen LogP contribution in [-0.2, 0) is 4.79 Å². The number of hydrogen-bond acceptors (Lipinski definition) is 3. The van der Waals surface area contributed by atoms with Crippen LogP contribution in [0.4, 0.5) is 0 Å². The number of carbonyl (C=O) groups excluding carboxylic acids is 1. The summed E-state index contributed by atoms with van der Waals surface area (Å²) in [5.74, 6) is 0.864. The summed E-state index contributed by atoms with van der Waals surface area (Å²) in [6.45, 7) is 3.54. The second-order valence-electron chi connectivity index (χ2n) is 6.79. The maximum absolute atomic E-state index is 11.8. The first-order chi connectivity index (χ1) is 12.8. The largest absolute Gasteiger partial charge is 0.493 e. The molecule has 0 aromatic heterocycles. The van der Waals surface area contributed by atoms with Crippen molar-refractivity contribution in [3.05, 3.63) is 47.5 Å². The van der Waals surface area contributed by atoms with E-state index in [0.29, 0.717) is 6.54 Å². The molecule has 138 valence electrons. The zero-order valence-electron chi connectivity index (χ0n) is 15.5. The van der Waals surface area contributed by atoms with E-state index < -0.39 is 0 Å². The van der Waals surface area contributed by atoms with Crippen molar-refractivity contribution in [2.45, 2.75) is 45.4 Å². The Morgan fingerprint density at radius 2 is 1.77 bits per heavy atom. The molecule has 1 saturated heterocycles. The number of hydrogen-bond donors (Lipinski definition) is 2. The smallest absolute Gasteiger partial charge is 0.262 e. The van der Waals surface area contributed by atoms with Gasteiger partial charge >= 0.3 is 0 Å². The van der Waals surface area contributed by atoms with Gasteiger partial charge in [-0.1, -0.05) is 69.4 Å². The average Bonchev–Trinajstić information content (AvgIpc) is 3.07. The first-order valence-electron chi connectivity index (χ1n) is 9.68. The van der Waals surface area contributed by atoms with Crippen LogP contribution < -0.4 is 15.6 Å². The highest BCUT2D eigenvalue weighted by Crippen LogP contribution is 2.30. The first-order valence-corrected chi connectivity index (χ1v) is 9.68. The van der Waals surface area contributed by atoms with Crippen LogP contribution in [0, 0.1) is 0 Å². The van der Waals surface area contributed by atoms with Crippen LogP contribution >= 0.6 is 0 Å². The molecule has 0 spiro atoms. The molecule has 0 bridgehead atoms. The van der Waals surface area contributed by atoms with Gasteiger partial charge < -0.3 is 4.74 Å². The van der Waals surface area contributed by atoms with E-state index in [9.17, 15) is 4.79 Å². The zero-order valence-corrected chi connectivity index (χ0v) is 15.5. The summed E-state index contributed by atoms with van der Waals surface area (Å²) in [6, 6.07) is 12.3. The van der Waals surface area contributed by atoms with Crippen molar-refractivity contribution in [3.8, 4) is 5.75 Å². The molecule has 3 rings (SSSR count). The molecule has 4 heteroatoms. The molecule has 1 amide bonds. The third-order valence-corrected chi connectivity index (χ3v) is 4.78. The van der Waals surface area contributed by atoms with E-state index in [4.69, 9.17) is 4.74 Å². The van der Waals surface area contributed by atoms with Gasteiger partial charge in [-0.3, -0.25) is 10.2 Å². The lowest BCUT2D eigenvalue weighted by atomic mass is 10.0. The van der Waals surface area contributed by atoms with Crippen molar-refractivity contribution in [1.82, 2.24) is 10.9 Å². The monoisotopic (exact) mass is 352 g/mol. The Morgan fingerprint density at radius 3 is 2.54 bits per heavy atom. The molecule has 1 aliphatic rings. The minimum absolute atomic E-state index is 0.0579. The van der Waals surface area contributed by atoms with Gasteiger partial charge in [0.25, 0.3) is 5.91 Å². The number of carbonyl (C=O) groups is 1. The molecule has 1 heterocycles. The molecule has 0 unspecified atom stereocenters. The number of hydrazine groups is 1. The van der Waals surface area contributed by atoms with Crippen LogP contribution in [0.3, 0.4) is 0 Å².